The summed E-state index contributed by atoms with van der Waals surface area (Å²) >= 11 is 0. The summed E-state index contributed by atoms with van der Waals surface area (Å²) < 4.78 is 10.6. The second-order valence-corrected chi connectivity index (χ2v) is 5.07. The summed E-state index contributed by atoms with van der Waals surface area (Å²) in [6.45, 7) is 1.70. The van der Waals surface area contributed by atoms with Crippen molar-refractivity contribution in [2.24, 2.45) is 0 Å². The number of hydrogen-bond donors (Lipinski definition) is 2. The lowest BCUT2D eigenvalue weighted by atomic mass is 10.1. The van der Waals surface area contributed by atoms with Crippen LogP contribution in [0.2, 0.25) is 0 Å². The highest BCUT2D eigenvalue weighted by Gasteiger charge is 2.14. The zero-order chi connectivity index (χ0) is 17.5. The molecule has 24 heavy (non-hydrogen) atoms. The van der Waals surface area contributed by atoms with Crippen LogP contribution in [0.5, 0.6) is 11.5 Å². The average Bonchev–Trinajstić information content (AvgIpc) is 2.61. The van der Waals surface area contributed by atoms with E-state index < -0.39 is 0 Å². The number of amides is 2. The molecule has 0 atom stereocenters. The molecule has 0 fully saturated rings. The summed E-state index contributed by atoms with van der Waals surface area (Å²) in [5, 5.41) is 5.30. The van der Waals surface area contributed by atoms with Gasteiger partial charge in [0.2, 0.25) is 5.91 Å². The van der Waals surface area contributed by atoms with Crippen LogP contribution >= 0.6 is 0 Å². The summed E-state index contributed by atoms with van der Waals surface area (Å²) in [5.41, 5.74) is 1.81. The number of carbonyl (C=O) groups excluding carboxylic acids is 2. The minimum absolute atomic E-state index is 0.137. The summed E-state index contributed by atoms with van der Waals surface area (Å²) in [4.78, 5) is 24.0. The minimum atomic E-state index is -0.345. The number of benzene rings is 2. The van der Waals surface area contributed by atoms with Gasteiger partial charge in [-0.3, -0.25) is 9.59 Å². The fourth-order valence-electron chi connectivity index (χ4n) is 2.30. The van der Waals surface area contributed by atoms with Crippen molar-refractivity contribution in [1.29, 1.82) is 0 Å². The number of ether oxygens (including phenoxy) is 2. The number of anilines is 1. The first-order valence-electron chi connectivity index (χ1n) is 7.41. The van der Waals surface area contributed by atoms with Crippen LogP contribution in [-0.4, -0.2) is 32.6 Å². The van der Waals surface area contributed by atoms with E-state index in [2.05, 4.69) is 10.6 Å². The van der Waals surface area contributed by atoms with Crippen molar-refractivity contribution in [3.63, 3.8) is 0 Å². The Morgan fingerprint density at radius 3 is 2.33 bits per heavy atom. The van der Waals surface area contributed by atoms with E-state index in [0.717, 1.165) is 5.56 Å². The number of nitrogens with one attached hydrogen (secondary N) is 2. The first-order chi connectivity index (χ1) is 11.6. The monoisotopic (exact) mass is 328 g/mol. The predicted octanol–water partition coefficient (Wildman–Crippen LogP) is 2.38. The molecule has 6 heteroatoms. The Kier molecular flexibility index (Phi) is 5.78. The van der Waals surface area contributed by atoms with E-state index in [-0.39, 0.29) is 18.4 Å². The summed E-state index contributed by atoms with van der Waals surface area (Å²) in [7, 11) is 3.09. The van der Waals surface area contributed by atoms with Crippen molar-refractivity contribution in [3.8, 4) is 11.5 Å². The van der Waals surface area contributed by atoms with Gasteiger partial charge < -0.3 is 20.1 Å². The van der Waals surface area contributed by atoms with Crippen LogP contribution < -0.4 is 20.1 Å². The average molecular weight is 328 g/mol. The molecule has 0 spiro atoms. The van der Waals surface area contributed by atoms with Crippen LogP contribution in [0, 0.1) is 6.92 Å². The standard InChI is InChI=1S/C18H20N2O4/c1-12-15(23-2)10-9-14(17(12)24-3)20-16(21)11-19-18(22)13-7-5-4-6-8-13/h4-10H,11H2,1-3H3,(H,19,22)(H,20,21). The molecule has 2 N–H and O–H groups in total. The molecule has 2 amide bonds. The summed E-state index contributed by atoms with van der Waals surface area (Å²) in [6, 6.07) is 12.2. The van der Waals surface area contributed by atoms with Crippen LogP contribution in [0.15, 0.2) is 42.5 Å². The fourth-order valence-corrected chi connectivity index (χ4v) is 2.30. The first kappa shape index (κ1) is 17.3. The van der Waals surface area contributed by atoms with E-state index in [0.29, 0.717) is 22.7 Å². The van der Waals surface area contributed by atoms with Crippen molar-refractivity contribution in [2.45, 2.75) is 6.92 Å². The molecule has 0 aliphatic carbocycles. The minimum Gasteiger partial charge on any atom is -0.496 e. The molecule has 2 aromatic rings. The van der Waals surface area contributed by atoms with Gasteiger partial charge in [0.15, 0.2) is 0 Å². The maximum atomic E-state index is 12.1. The molecule has 0 heterocycles. The lowest BCUT2D eigenvalue weighted by Crippen LogP contribution is -2.32. The van der Waals surface area contributed by atoms with Crippen LogP contribution in [-0.2, 0) is 4.79 Å². The lowest BCUT2D eigenvalue weighted by Gasteiger charge is -2.15. The Morgan fingerprint density at radius 2 is 1.71 bits per heavy atom. The normalized spacial score (nSPS) is 9.96. The Labute approximate surface area is 140 Å². The van der Waals surface area contributed by atoms with Crippen LogP contribution in [0.1, 0.15) is 15.9 Å². The first-order valence-corrected chi connectivity index (χ1v) is 7.41. The van der Waals surface area contributed by atoms with Crippen molar-refractivity contribution >= 4 is 17.5 Å². The Bertz CT molecular complexity index is 729. The maximum absolute atomic E-state index is 12.1. The van der Waals surface area contributed by atoms with Crippen LogP contribution in [0.4, 0.5) is 5.69 Å². The van der Waals surface area contributed by atoms with Gasteiger partial charge in [0, 0.05) is 11.1 Å². The number of rotatable bonds is 6. The summed E-state index contributed by atoms with van der Waals surface area (Å²) in [5.74, 6) is 0.546. The third kappa shape index (κ3) is 4.04. The largest absolute Gasteiger partial charge is 0.496 e. The smallest absolute Gasteiger partial charge is 0.251 e. The van der Waals surface area contributed by atoms with E-state index in [9.17, 15) is 9.59 Å². The molecule has 0 unspecified atom stereocenters. The molecular formula is C18H20N2O4. The molecule has 2 rings (SSSR count). The molecule has 0 aliphatic rings. The topological polar surface area (TPSA) is 76.7 Å². The maximum Gasteiger partial charge on any atom is 0.251 e. The van der Waals surface area contributed by atoms with Crippen LogP contribution in [0.3, 0.4) is 0 Å². The fraction of sp³-hybridized carbons (Fsp3) is 0.222. The molecular weight excluding hydrogens is 308 g/mol. The number of methoxy groups -OCH3 is 2. The van der Waals surface area contributed by atoms with E-state index in [1.807, 2.05) is 13.0 Å². The van der Waals surface area contributed by atoms with Gasteiger partial charge in [-0.15, -0.1) is 0 Å². The van der Waals surface area contributed by atoms with Gasteiger partial charge in [-0.05, 0) is 31.2 Å². The highest BCUT2D eigenvalue weighted by Crippen LogP contribution is 2.34. The highest BCUT2D eigenvalue weighted by molar-refractivity contribution is 6.00. The second kappa shape index (κ2) is 8.01. The molecule has 0 radical (unpaired) electrons. The summed E-state index contributed by atoms with van der Waals surface area (Å²) in [6.07, 6.45) is 0. The molecule has 0 aromatic heterocycles. The lowest BCUT2D eigenvalue weighted by molar-refractivity contribution is -0.115. The van der Waals surface area contributed by atoms with Gasteiger partial charge in [-0.25, -0.2) is 0 Å². The molecule has 2 aromatic carbocycles. The molecule has 0 bridgehead atoms. The number of hydrogen-bond acceptors (Lipinski definition) is 4. The van der Waals surface area contributed by atoms with Gasteiger partial charge in [-0.1, -0.05) is 18.2 Å². The van der Waals surface area contributed by atoms with Gasteiger partial charge in [0.1, 0.15) is 11.5 Å². The molecule has 0 saturated carbocycles. The van der Waals surface area contributed by atoms with Gasteiger partial charge in [0.05, 0.1) is 26.5 Å². The second-order valence-electron chi connectivity index (χ2n) is 5.07. The van der Waals surface area contributed by atoms with E-state index in [4.69, 9.17) is 9.47 Å². The van der Waals surface area contributed by atoms with Gasteiger partial charge in [0.25, 0.3) is 5.91 Å². The Balaban J connectivity index is 2.00. The zero-order valence-electron chi connectivity index (χ0n) is 13.9. The SMILES string of the molecule is COc1ccc(NC(=O)CNC(=O)c2ccccc2)c(OC)c1C. The third-order valence-corrected chi connectivity index (χ3v) is 3.50. The molecule has 126 valence electrons. The molecule has 0 saturated heterocycles. The van der Waals surface area contributed by atoms with Gasteiger partial charge >= 0.3 is 0 Å². The third-order valence-electron chi connectivity index (χ3n) is 3.50. The van der Waals surface area contributed by atoms with Crippen molar-refractivity contribution in [1.82, 2.24) is 5.32 Å². The Morgan fingerprint density at radius 1 is 1.00 bits per heavy atom. The molecule has 6 nitrogen and oxygen atoms in total. The van der Waals surface area contributed by atoms with Crippen molar-refractivity contribution in [3.05, 3.63) is 53.6 Å². The van der Waals surface area contributed by atoms with Crippen molar-refractivity contribution in [2.75, 3.05) is 26.1 Å². The van der Waals surface area contributed by atoms with E-state index in [1.165, 1.54) is 7.11 Å². The van der Waals surface area contributed by atoms with Gasteiger partial charge in [-0.2, -0.15) is 0 Å². The quantitative estimate of drug-likeness (QED) is 0.853. The van der Waals surface area contributed by atoms with E-state index in [1.54, 1.807) is 43.5 Å². The predicted molar refractivity (Wildman–Crippen MR) is 91.7 cm³/mol. The Hall–Kier alpha value is -3.02. The number of carbonyl (C=O) groups is 2. The van der Waals surface area contributed by atoms with Crippen LogP contribution in [0.25, 0.3) is 0 Å². The van der Waals surface area contributed by atoms with Crippen molar-refractivity contribution < 1.29 is 19.1 Å². The zero-order valence-corrected chi connectivity index (χ0v) is 13.9. The van der Waals surface area contributed by atoms with E-state index >= 15 is 0 Å². The molecule has 0 aliphatic heterocycles. The highest BCUT2D eigenvalue weighted by atomic mass is 16.5.